The fraction of sp³-hybridized carbons (Fsp3) is 0.333. The Morgan fingerprint density at radius 1 is 1.30 bits per heavy atom. The number of anilines is 1. The third kappa shape index (κ3) is 3.52. The van der Waals surface area contributed by atoms with Crippen LogP contribution in [0.25, 0.3) is 11.1 Å². The van der Waals surface area contributed by atoms with Gasteiger partial charge in [0.1, 0.15) is 5.82 Å². The second kappa shape index (κ2) is 7.83. The molecular formula is C24H24FN3O2. The number of benzene rings is 2. The van der Waals surface area contributed by atoms with E-state index in [9.17, 15) is 9.59 Å². The molecule has 2 amide bonds. The van der Waals surface area contributed by atoms with Crippen LogP contribution in [-0.4, -0.2) is 30.9 Å². The van der Waals surface area contributed by atoms with Gasteiger partial charge in [-0.1, -0.05) is 29.7 Å². The van der Waals surface area contributed by atoms with E-state index >= 15 is 4.39 Å². The number of halogens is 1. The quantitative estimate of drug-likeness (QED) is 0.658. The van der Waals surface area contributed by atoms with Crippen molar-refractivity contribution in [1.29, 1.82) is 0 Å². The zero-order chi connectivity index (χ0) is 21.4. The number of hydrogen-bond donors (Lipinski definition) is 2. The van der Waals surface area contributed by atoms with Crippen LogP contribution in [0.3, 0.4) is 0 Å². The van der Waals surface area contributed by atoms with Crippen LogP contribution in [0, 0.1) is 24.6 Å². The summed E-state index contributed by atoms with van der Waals surface area (Å²) in [6, 6.07) is 7.21. The SMILES string of the molecule is CC#CC(=O)N[C@@H]1CCCN(c2c(F)cc(C(N)=O)c3c2-c2ccc(C)cc2C3)C1. The zero-order valence-electron chi connectivity index (χ0n) is 17.1. The maximum atomic E-state index is 15.4. The third-order valence-electron chi connectivity index (χ3n) is 5.84. The van der Waals surface area contributed by atoms with E-state index in [1.807, 2.05) is 24.0 Å². The van der Waals surface area contributed by atoms with Gasteiger partial charge in [-0.15, -0.1) is 0 Å². The van der Waals surface area contributed by atoms with Crippen LogP contribution >= 0.6 is 0 Å². The van der Waals surface area contributed by atoms with Crippen molar-refractivity contribution in [2.75, 3.05) is 18.0 Å². The Bertz CT molecular complexity index is 1110. The van der Waals surface area contributed by atoms with Crippen molar-refractivity contribution in [2.45, 2.75) is 39.2 Å². The van der Waals surface area contributed by atoms with Crippen LogP contribution in [0.4, 0.5) is 10.1 Å². The van der Waals surface area contributed by atoms with E-state index in [0.29, 0.717) is 25.2 Å². The van der Waals surface area contributed by atoms with Crippen LogP contribution < -0.4 is 16.0 Å². The molecule has 0 bridgehead atoms. The summed E-state index contributed by atoms with van der Waals surface area (Å²) in [5.74, 6) is 3.69. The van der Waals surface area contributed by atoms with E-state index in [-0.39, 0.29) is 17.5 Å². The van der Waals surface area contributed by atoms with Gasteiger partial charge in [0.15, 0.2) is 0 Å². The summed E-state index contributed by atoms with van der Waals surface area (Å²) < 4.78 is 15.4. The highest BCUT2D eigenvalue weighted by Gasteiger charge is 2.32. The lowest BCUT2D eigenvalue weighted by Crippen LogP contribution is -2.48. The first-order valence-corrected chi connectivity index (χ1v) is 10.1. The Morgan fingerprint density at radius 2 is 2.10 bits per heavy atom. The van der Waals surface area contributed by atoms with Gasteiger partial charge in [-0.05, 0) is 61.8 Å². The van der Waals surface area contributed by atoms with Gasteiger partial charge in [0.25, 0.3) is 5.91 Å². The lowest BCUT2D eigenvalue weighted by Gasteiger charge is -2.36. The monoisotopic (exact) mass is 405 g/mol. The molecule has 1 heterocycles. The zero-order valence-corrected chi connectivity index (χ0v) is 17.1. The molecule has 0 aromatic heterocycles. The molecule has 1 aliphatic carbocycles. The van der Waals surface area contributed by atoms with Gasteiger partial charge in [0.2, 0.25) is 5.91 Å². The number of primary amides is 1. The van der Waals surface area contributed by atoms with Gasteiger partial charge in [-0.2, -0.15) is 0 Å². The average molecular weight is 405 g/mol. The Balaban J connectivity index is 1.78. The molecule has 0 saturated carbocycles. The van der Waals surface area contributed by atoms with Gasteiger partial charge in [-0.25, -0.2) is 4.39 Å². The molecule has 3 N–H and O–H groups in total. The van der Waals surface area contributed by atoms with E-state index in [1.165, 1.54) is 6.07 Å². The number of hydrogen-bond acceptors (Lipinski definition) is 3. The first kappa shape index (κ1) is 20.0. The first-order chi connectivity index (χ1) is 14.4. The predicted octanol–water partition coefficient (Wildman–Crippen LogP) is 2.91. The molecule has 6 heteroatoms. The fourth-order valence-electron chi connectivity index (χ4n) is 4.62. The predicted molar refractivity (Wildman–Crippen MR) is 115 cm³/mol. The molecule has 2 aliphatic rings. The highest BCUT2D eigenvalue weighted by molar-refractivity contribution is 6.01. The number of carbonyl (C=O) groups is 2. The topological polar surface area (TPSA) is 75.4 Å². The van der Waals surface area contributed by atoms with Gasteiger partial charge in [0.05, 0.1) is 5.69 Å². The smallest absolute Gasteiger partial charge is 0.296 e. The highest BCUT2D eigenvalue weighted by atomic mass is 19.1. The molecule has 1 saturated heterocycles. The van der Waals surface area contributed by atoms with Gasteiger partial charge >= 0.3 is 0 Å². The molecule has 154 valence electrons. The van der Waals surface area contributed by atoms with Crippen molar-refractivity contribution in [3.8, 4) is 23.0 Å². The molecule has 2 aromatic rings. The maximum absolute atomic E-state index is 15.4. The average Bonchev–Trinajstić information content (AvgIpc) is 3.05. The molecule has 0 spiro atoms. The molecule has 0 unspecified atom stereocenters. The molecule has 4 rings (SSSR count). The lowest BCUT2D eigenvalue weighted by molar-refractivity contribution is -0.116. The van der Waals surface area contributed by atoms with E-state index in [0.717, 1.165) is 40.7 Å². The minimum Gasteiger partial charge on any atom is -0.367 e. The number of carbonyl (C=O) groups excluding carboxylic acids is 2. The number of amides is 2. The van der Waals surface area contributed by atoms with Crippen LogP contribution in [0.2, 0.25) is 0 Å². The van der Waals surface area contributed by atoms with Crippen molar-refractivity contribution in [2.24, 2.45) is 5.73 Å². The molecule has 2 aromatic carbocycles. The molecule has 5 nitrogen and oxygen atoms in total. The number of aryl methyl sites for hydroxylation is 1. The fourth-order valence-corrected chi connectivity index (χ4v) is 4.62. The number of piperidine rings is 1. The highest BCUT2D eigenvalue weighted by Crippen LogP contribution is 2.46. The Labute approximate surface area is 175 Å². The minimum absolute atomic E-state index is 0.114. The van der Waals surface area contributed by atoms with Crippen LogP contribution in [0.15, 0.2) is 24.3 Å². The number of nitrogens with one attached hydrogen (secondary N) is 1. The Hall–Kier alpha value is -3.33. The molecule has 30 heavy (non-hydrogen) atoms. The normalized spacial score (nSPS) is 16.9. The molecule has 1 atom stereocenters. The Kier molecular flexibility index (Phi) is 5.21. The summed E-state index contributed by atoms with van der Waals surface area (Å²) in [4.78, 5) is 25.9. The second-order valence-electron chi connectivity index (χ2n) is 7.94. The van der Waals surface area contributed by atoms with E-state index in [4.69, 9.17) is 5.73 Å². The Morgan fingerprint density at radius 3 is 2.83 bits per heavy atom. The van der Waals surface area contributed by atoms with Gasteiger partial charge in [-0.3, -0.25) is 9.59 Å². The van der Waals surface area contributed by atoms with Crippen molar-refractivity contribution >= 4 is 17.5 Å². The van der Waals surface area contributed by atoms with E-state index < -0.39 is 11.7 Å². The summed E-state index contributed by atoms with van der Waals surface area (Å²) in [5, 5.41) is 2.91. The number of nitrogens with zero attached hydrogens (tertiary/aromatic N) is 1. The number of fused-ring (bicyclic) bond motifs is 3. The molecular weight excluding hydrogens is 381 g/mol. The number of nitrogens with two attached hydrogens (primary N) is 1. The minimum atomic E-state index is -0.622. The largest absolute Gasteiger partial charge is 0.367 e. The molecule has 1 aliphatic heterocycles. The second-order valence-corrected chi connectivity index (χ2v) is 7.94. The summed E-state index contributed by atoms with van der Waals surface area (Å²) in [5.41, 5.74) is 10.9. The van der Waals surface area contributed by atoms with E-state index in [2.05, 4.69) is 23.2 Å². The lowest BCUT2D eigenvalue weighted by atomic mass is 9.95. The summed E-state index contributed by atoms with van der Waals surface area (Å²) in [6.07, 6.45) is 2.18. The molecule has 0 radical (unpaired) electrons. The van der Waals surface area contributed by atoms with Crippen molar-refractivity contribution in [3.05, 3.63) is 52.3 Å². The summed E-state index contributed by atoms with van der Waals surface area (Å²) >= 11 is 0. The van der Waals surface area contributed by atoms with Crippen LogP contribution in [0.1, 0.15) is 46.8 Å². The summed E-state index contributed by atoms with van der Waals surface area (Å²) in [7, 11) is 0. The maximum Gasteiger partial charge on any atom is 0.296 e. The summed E-state index contributed by atoms with van der Waals surface area (Å²) in [6.45, 7) is 4.78. The van der Waals surface area contributed by atoms with Crippen molar-refractivity contribution in [1.82, 2.24) is 5.32 Å². The van der Waals surface area contributed by atoms with Crippen molar-refractivity contribution in [3.63, 3.8) is 0 Å². The number of rotatable bonds is 3. The van der Waals surface area contributed by atoms with Crippen LogP contribution in [0.5, 0.6) is 0 Å². The van der Waals surface area contributed by atoms with Gasteiger partial charge in [0, 0.05) is 30.3 Å². The standard InChI is InChI=1S/C24H24FN3O2/c1-3-5-21(29)27-16-6-4-9-28(13-16)23-20(25)12-19(24(26)30)18-11-15-10-14(2)7-8-17(15)22(18)23/h7-8,10,12,16H,4,6,9,11,13H2,1-2H3,(H2,26,30)(H,27,29)/t16-/m1/s1. The third-order valence-corrected chi connectivity index (χ3v) is 5.84. The first-order valence-electron chi connectivity index (χ1n) is 10.1. The van der Waals surface area contributed by atoms with Crippen molar-refractivity contribution < 1.29 is 14.0 Å². The molecule has 1 fully saturated rings. The van der Waals surface area contributed by atoms with Gasteiger partial charge < -0.3 is 16.0 Å². The van der Waals surface area contributed by atoms with E-state index in [1.54, 1.807) is 6.92 Å². The van der Waals surface area contributed by atoms with Crippen LogP contribution in [-0.2, 0) is 11.2 Å².